The topological polar surface area (TPSA) is 87.3 Å². The highest BCUT2D eigenvalue weighted by Gasteiger charge is 2.17. The summed E-state index contributed by atoms with van der Waals surface area (Å²) >= 11 is 8.93. The van der Waals surface area contributed by atoms with Gasteiger partial charge in [0.25, 0.3) is 11.2 Å². The highest BCUT2D eigenvalue weighted by molar-refractivity contribution is 9.10. The zero-order valence-corrected chi connectivity index (χ0v) is 13.1. The van der Waals surface area contributed by atoms with Crippen LogP contribution in [-0.2, 0) is 6.54 Å². The average molecular weight is 375 g/mol. The Morgan fingerprint density at radius 1 is 1.52 bits per heavy atom. The average Bonchev–Trinajstić information content (AvgIpc) is 2.44. The largest absolute Gasteiger partial charge is 0.489 e. The van der Waals surface area contributed by atoms with Gasteiger partial charge in [0.15, 0.2) is 5.15 Å². The Morgan fingerprint density at radius 2 is 2.24 bits per heavy atom. The Kier molecular flexibility index (Phi) is 4.59. The molecular formula is C12H9BrClN3O4. The lowest BCUT2D eigenvalue weighted by Crippen LogP contribution is -2.22. The van der Waals surface area contributed by atoms with Crippen molar-refractivity contribution in [2.75, 3.05) is 7.11 Å². The molecule has 0 bridgehead atoms. The van der Waals surface area contributed by atoms with E-state index in [1.807, 2.05) is 0 Å². The predicted molar refractivity (Wildman–Crippen MR) is 80.0 cm³/mol. The lowest BCUT2D eigenvalue weighted by Gasteiger charge is -2.09. The number of aromatic nitrogens is 2. The first kappa shape index (κ1) is 15.5. The first-order valence-electron chi connectivity index (χ1n) is 5.66. The minimum absolute atomic E-state index is 0.0307. The van der Waals surface area contributed by atoms with Crippen LogP contribution in [0.1, 0.15) is 5.56 Å². The maximum absolute atomic E-state index is 12.1. The Bertz CT molecular complexity index is 763. The summed E-state index contributed by atoms with van der Waals surface area (Å²) in [6.07, 6.45) is 1.26. The number of nitro benzene ring substituents is 1. The molecule has 1 aromatic heterocycles. The van der Waals surface area contributed by atoms with Gasteiger partial charge in [-0.15, -0.1) is 0 Å². The Morgan fingerprint density at radius 3 is 2.86 bits per heavy atom. The number of hydrogen-bond acceptors (Lipinski definition) is 5. The van der Waals surface area contributed by atoms with Crippen molar-refractivity contribution in [3.63, 3.8) is 0 Å². The fourth-order valence-corrected chi connectivity index (χ4v) is 2.48. The van der Waals surface area contributed by atoms with E-state index in [0.717, 1.165) is 0 Å². The number of methoxy groups -OCH3 is 1. The summed E-state index contributed by atoms with van der Waals surface area (Å²) in [4.78, 5) is 26.4. The molecule has 9 heteroatoms. The summed E-state index contributed by atoms with van der Waals surface area (Å²) in [5.74, 6) is -0.0688. The van der Waals surface area contributed by atoms with Gasteiger partial charge in [-0.05, 0) is 21.5 Å². The second-order valence-corrected chi connectivity index (χ2v) is 5.16. The Labute approximate surface area is 132 Å². The molecule has 2 rings (SSSR count). The van der Waals surface area contributed by atoms with Crippen molar-refractivity contribution < 1.29 is 9.66 Å². The van der Waals surface area contributed by atoms with E-state index in [1.54, 1.807) is 12.1 Å². The van der Waals surface area contributed by atoms with Crippen molar-refractivity contribution in [3.8, 4) is 5.75 Å². The van der Waals surface area contributed by atoms with E-state index in [1.165, 1.54) is 24.1 Å². The van der Waals surface area contributed by atoms with Crippen LogP contribution in [0.25, 0.3) is 0 Å². The van der Waals surface area contributed by atoms with Gasteiger partial charge in [0.2, 0.25) is 5.75 Å². The van der Waals surface area contributed by atoms with Crippen LogP contribution in [0.4, 0.5) is 5.69 Å². The molecule has 2 aromatic rings. The van der Waals surface area contributed by atoms with Gasteiger partial charge in [-0.2, -0.15) is 0 Å². The number of nitrogens with zero attached hydrogens (tertiary/aromatic N) is 3. The van der Waals surface area contributed by atoms with Crippen LogP contribution in [0.15, 0.2) is 33.8 Å². The van der Waals surface area contributed by atoms with Crippen LogP contribution in [0.5, 0.6) is 5.75 Å². The van der Waals surface area contributed by atoms with E-state index in [-0.39, 0.29) is 23.1 Å². The number of halogens is 2. The molecule has 0 amide bonds. The van der Waals surface area contributed by atoms with Crippen LogP contribution in [-0.4, -0.2) is 21.6 Å². The quantitative estimate of drug-likeness (QED) is 0.466. The Balaban J connectivity index is 2.47. The molecule has 0 spiro atoms. The number of ether oxygens (including phenoxy) is 1. The Hall–Kier alpha value is -1.93. The van der Waals surface area contributed by atoms with Gasteiger partial charge >= 0.3 is 0 Å². The van der Waals surface area contributed by atoms with Gasteiger partial charge in [0.1, 0.15) is 4.47 Å². The summed E-state index contributed by atoms with van der Waals surface area (Å²) in [6, 6.07) is 4.59. The van der Waals surface area contributed by atoms with Crippen LogP contribution in [0.3, 0.4) is 0 Å². The van der Waals surface area contributed by atoms with Crippen molar-refractivity contribution in [3.05, 3.63) is 60.2 Å². The molecule has 0 fully saturated rings. The summed E-state index contributed by atoms with van der Waals surface area (Å²) in [5.41, 5.74) is 0.0304. The minimum atomic E-state index is -0.503. The normalized spacial score (nSPS) is 10.4. The third-order valence-electron chi connectivity index (χ3n) is 2.75. The third kappa shape index (κ3) is 3.06. The van der Waals surface area contributed by atoms with Crippen molar-refractivity contribution >= 4 is 33.2 Å². The molecule has 0 N–H and O–H groups in total. The second-order valence-electron chi connectivity index (χ2n) is 4.01. The molecule has 1 aromatic carbocycles. The molecule has 7 nitrogen and oxygen atoms in total. The maximum atomic E-state index is 12.1. The lowest BCUT2D eigenvalue weighted by molar-refractivity contribution is -0.385. The third-order valence-corrected chi connectivity index (χ3v) is 3.94. The van der Waals surface area contributed by atoms with Crippen LogP contribution >= 0.6 is 27.5 Å². The first-order chi connectivity index (χ1) is 9.95. The van der Waals surface area contributed by atoms with E-state index < -0.39 is 10.5 Å². The van der Waals surface area contributed by atoms with E-state index in [0.29, 0.717) is 10.0 Å². The van der Waals surface area contributed by atoms with Crippen LogP contribution in [0.2, 0.25) is 5.15 Å². The molecule has 0 saturated carbocycles. The van der Waals surface area contributed by atoms with Crippen molar-refractivity contribution in [1.82, 2.24) is 9.55 Å². The number of rotatable bonds is 4. The molecule has 0 saturated heterocycles. The highest BCUT2D eigenvalue weighted by atomic mass is 79.9. The molecule has 0 aliphatic rings. The summed E-state index contributed by atoms with van der Waals surface area (Å²) in [7, 11) is 1.32. The molecule has 110 valence electrons. The van der Waals surface area contributed by atoms with E-state index in [2.05, 4.69) is 20.9 Å². The molecule has 0 radical (unpaired) electrons. The molecule has 21 heavy (non-hydrogen) atoms. The zero-order valence-electron chi connectivity index (χ0n) is 10.7. The predicted octanol–water partition coefficient (Wildman–Crippen LogP) is 2.62. The lowest BCUT2D eigenvalue weighted by atomic mass is 10.2. The fourth-order valence-electron chi connectivity index (χ4n) is 1.75. The SMILES string of the molecule is COc1c(Cl)ncn(Cc2cccc([N+](=O)[O-])c2Br)c1=O. The molecule has 1 heterocycles. The minimum Gasteiger partial charge on any atom is -0.489 e. The van der Waals surface area contributed by atoms with Crippen LogP contribution in [0, 0.1) is 10.1 Å². The van der Waals surface area contributed by atoms with Gasteiger partial charge in [0.05, 0.1) is 24.9 Å². The van der Waals surface area contributed by atoms with Gasteiger partial charge in [-0.25, -0.2) is 4.98 Å². The summed E-state index contributed by atoms with van der Waals surface area (Å²) in [6.45, 7) is 0.0988. The van der Waals surface area contributed by atoms with Crippen molar-refractivity contribution in [1.29, 1.82) is 0 Å². The van der Waals surface area contributed by atoms with Crippen LogP contribution < -0.4 is 10.3 Å². The maximum Gasteiger partial charge on any atom is 0.297 e. The zero-order chi connectivity index (χ0) is 15.6. The number of hydrogen-bond donors (Lipinski definition) is 0. The molecule has 0 unspecified atom stereocenters. The molecule has 0 atom stereocenters. The second kappa shape index (κ2) is 6.23. The first-order valence-corrected chi connectivity index (χ1v) is 6.83. The standard InChI is InChI=1S/C12H9BrClN3O4/c1-21-10-11(14)15-6-16(12(10)18)5-7-3-2-4-8(9(7)13)17(19)20/h2-4,6H,5H2,1H3. The van der Waals surface area contributed by atoms with Gasteiger partial charge < -0.3 is 4.74 Å². The van der Waals surface area contributed by atoms with E-state index in [9.17, 15) is 14.9 Å². The smallest absolute Gasteiger partial charge is 0.297 e. The highest BCUT2D eigenvalue weighted by Crippen LogP contribution is 2.28. The monoisotopic (exact) mass is 373 g/mol. The summed E-state index contributed by atoms with van der Waals surface area (Å²) in [5, 5.41) is 10.9. The van der Waals surface area contributed by atoms with E-state index >= 15 is 0 Å². The van der Waals surface area contributed by atoms with Gasteiger partial charge in [0, 0.05) is 6.07 Å². The van der Waals surface area contributed by atoms with Gasteiger partial charge in [-0.3, -0.25) is 19.5 Å². The van der Waals surface area contributed by atoms with Crippen molar-refractivity contribution in [2.45, 2.75) is 6.54 Å². The fraction of sp³-hybridized carbons (Fsp3) is 0.167. The molecular weight excluding hydrogens is 366 g/mol. The van der Waals surface area contributed by atoms with Crippen molar-refractivity contribution in [2.24, 2.45) is 0 Å². The molecule has 0 aliphatic heterocycles. The number of benzene rings is 1. The summed E-state index contributed by atoms with van der Waals surface area (Å²) < 4.78 is 6.47. The number of nitro groups is 1. The van der Waals surface area contributed by atoms with Gasteiger partial charge in [-0.1, -0.05) is 23.7 Å². The molecule has 0 aliphatic carbocycles. The van der Waals surface area contributed by atoms with E-state index in [4.69, 9.17) is 16.3 Å².